The van der Waals surface area contributed by atoms with Crippen LogP contribution in [0, 0.1) is 18.2 Å². The van der Waals surface area contributed by atoms with Crippen LogP contribution in [0.3, 0.4) is 0 Å². The van der Waals surface area contributed by atoms with E-state index in [0.29, 0.717) is 43.1 Å². The summed E-state index contributed by atoms with van der Waals surface area (Å²) in [6, 6.07) is 6.01. The number of aromatic amines is 1. The number of carbonyl (C=O) groups is 3. The van der Waals surface area contributed by atoms with Gasteiger partial charge in [-0.05, 0) is 70.0 Å². The molecule has 1 amide bonds. The van der Waals surface area contributed by atoms with Crippen LogP contribution in [0.1, 0.15) is 48.3 Å². The minimum Gasteiger partial charge on any atom is -0.483 e. The maximum absolute atomic E-state index is 13.2. The molecular formula is C25H31FN4O5. The molecule has 3 aliphatic rings. The first-order valence-corrected chi connectivity index (χ1v) is 12.0. The summed E-state index contributed by atoms with van der Waals surface area (Å²) in [5, 5.41) is 6.89. The van der Waals surface area contributed by atoms with Crippen LogP contribution in [0.5, 0.6) is 0 Å². The van der Waals surface area contributed by atoms with Gasteiger partial charge in [0.05, 0.1) is 5.41 Å². The van der Waals surface area contributed by atoms with Crippen molar-refractivity contribution in [1.29, 1.82) is 0 Å². The molecule has 0 aliphatic carbocycles. The van der Waals surface area contributed by atoms with Crippen molar-refractivity contribution in [2.24, 2.45) is 5.41 Å². The summed E-state index contributed by atoms with van der Waals surface area (Å²) in [6.07, 6.45) is 4.41. The number of aryl methyl sites for hydroxylation is 1. The number of H-pyrrole nitrogens is 1. The van der Waals surface area contributed by atoms with Crippen LogP contribution in [0.4, 0.5) is 4.39 Å². The SMILES string of the molecule is Cc1[nH]c(-c2ccc(F)cc2)nc1C(=O)N1CCC2(CC1)CC(CN1CCCC1)OC2=O.O=CO. The number of cyclic esters (lactones) is 1. The molecule has 3 saturated heterocycles. The molecule has 1 spiro atoms. The lowest BCUT2D eigenvalue weighted by Gasteiger charge is -2.36. The van der Waals surface area contributed by atoms with Gasteiger partial charge in [-0.1, -0.05) is 0 Å². The standard InChI is InChI=1S/C24H29FN4O3.CH2O2/c1-16-20(27-21(26-16)17-4-6-18(25)7-5-17)22(30)29-12-8-24(9-13-29)14-19(32-23(24)31)15-28-10-2-3-11-28;2-1-3/h4-7,19H,2-3,8-15H2,1H3,(H,26,27);1H,(H,2,3). The van der Waals surface area contributed by atoms with Crippen molar-refractivity contribution < 1.29 is 28.6 Å². The Bertz CT molecular complexity index is 1060. The van der Waals surface area contributed by atoms with Crippen molar-refractivity contribution in [2.75, 3.05) is 32.7 Å². The van der Waals surface area contributed by atoms with Crippen LogP contribution in [0.2, 0.25) is 0 Å². The Morgan fingerprint density at radius 2 is 1.86 bits per heavy atom. The first-order chi connectivity index (χ1) is 16.8. The minimum absolute atomic E-state index is 0.0327. The quantitative estimate of drug-likeness (QED) is 0.504. The molecule has 0 saturated carbocycles. The minimum atomic E-state index is -0.457. The zero-order valence-electron chi connectivity index (χ0n) is 19.8. The van der Waals surface area contributed by atoms with E-state index < -0.39 is 5.41 Å². The summed E-state index contributed by atoms with van der Waals surface area (Å²) in [6.45, 7) is 5.61. The number of carbonyl (C=O) groups excluding carboxylic acids is 2. The monoisotopic (exact) mass is 486 g/mol. The van der Waals surface area contributed by atoms with E-state index >= 15 is 0 Å². The van der Waals surface area contributed by atoms with E-state index in [4.69, 9.17) is 14.6 Å². The summed E-state index contributed by atoms with van der Waals surface area (Å²) in [4.78, 5) is 46.0. The fourth-order valence-electron chi connectivity index (χ4n) is 5.30. The fourth-order valence-corrected chi connectivity index (χ4v) is 5.30. The van der Waals surface area contributed by atoms with Crippen LogP contribution in [0.15, 0.2) is 24.3 Å². The zero-order valence-corrected chi connectivity index (χ0v) is 19.8. The Hall–Kier alpha value is -3.27. The molecule has 3 fully saturated rings. The van der Waals surface area contributed by atoms with Crippen molar-refractivity contribution in [3.8, 4) is 11.4 Å². The van der Waals surface area contributed by atoms with Crippen molar-refractivity contribution in [3.05, 3.63) is 41.5 Å². The number of nitrogens with zero attached hydrogens (tertiary/aromatic N) is 3. The lowest BCUT2D eigenvalue weighted by Crippen LogP contribution is -2.45. The van der Waals surface area contributed by atoms with E-state index in [9.17, 15) is 14.0 Å². The largest absolute Gasteiger partial charge is 0.483 e. The maximum atomic E-state index is 13.2. The third-order valence-electron chi connectivity index (χ3n) is 7.20. The molecule has 1 aromatic carbocycles. The van der Waals surface area contributed by atoms with Crippen LogP contribution in [-0.2, 0) is 14.3 Å². The average molecular weight is 487 g/mol. The number of hydrogen-bond donors (Lipinski definition) is 2. The Balaban J connectivity index is 0.000000917. The van der Waals surface area contributed by atoms with Gasteiger partial charge in [0.25, 0.3) is 12.4 Å². The van der Waals surface area contributed by atoms with Gasteiger partial charge in [0.15, 0.2) is 0 Å². The number of likely N-dealkylation sites (tertiary alicyclic amines) is 2. The lowest BCUT2D eigenvalue weighted by molar-refractivity contribution is -0.151. The Labute approximate surface area is 203 Å². The van der Waals surface area contributed by atoms with Gasteiger partial charge in [-0.3, -0.25) is 19.3 Å². The number of hydrogen-bond acceptors (Lipinski definition) is 6. The highest BCUT2D eigenvalue weighted by atomic mass is 19.1. The van der Waals surface area contributed by atoms with Gasteiger partial charge in [0.2, 0.25) is 0 Å². The highest BCUT2D eigenvalue weighted by Crippen LogP contribution is 2.43. The maximum Gasteiger partial charge on any atom is 0.312 e. The summed E-state index contributed by atoms with van der Waals surface area (Å²) in [5.41, 5.74) is 1.33. The number of imidazole rings is 1. The summed E-state index contributed by atoms with van der Waals surface area (Å²) < 4.78 is 19.0. The van der Waals surface area contributed by atoms with Gasteiger partial charge in [0.1, 0.15) is 23.4 Å². The number of piperidine rings is 1. The number of rotatable bonds is 4. The Morgan fingerprint density at radius 1 is 1.23 bits per heavy atom. The second kappa shape index (κ2) is 10.6. The molecule has 4 heterocycles. The van der Waals surface area contributed by atoms with E-state index in [2.05, 4.69) is 14.9 Å². The van der Waals surface area contributed by atoms with Crippen molar-refractivity contribution in [1.82, 2.24) is 19.8 Å². The zero-order chi connectivity index (χ0) is 25.0. The first-order valence-electron chi connectivity index (χ1n) is 12.0. The van der Waals surface area contributed by atoms with Gasteiger partial charge in [-0.15, -0.1) is 0 Å². The third kappa shape index (κ3) is 5.37. The number of aromatic nitrogens is 2. The van der Waals surface area contributed by atoms with E-state index in [1.807, 2.05) is 6.92 Å². The van der Waals surface area contributed by atoms with Gasteiger partial charge in [0, 0.05) is 37.3 Å². The molecule has 5 rings (SSSR count). The highest BCUT2D eigenvalue weighted by Gasteiger charge is 2.51. The number of carboxylic acid groups (broad SMARTS) is 1. The first kappa shape index (κ1) is 24.8. The molecule has 35 heavy (non-hydrogen) atoms. The number of benzene rings is 1. The topological polar surface area (TPSA) is 116 Å². The molecule has 9 nitrogen and oxygen atoms in total. The average Bonchev–Trinajstić information content (AvgIpc) is 3.56. The van der Waals surface area contributed by atoms with Crippen LogP contribution >= 0.6 is 0 Å². The van der Waals surface area contributed by atoms with Crippen molar-refractivity contribution >= 4 is 18.3 Å². The van der Waals surface area contributed by atoms with Crippen molar-refractivity contribution in [3.63, 3.8) is 0 Å². The normalized spacial score (nSPS) is 21.5. The number of ether oxygens (including phenoxy) is 1. The Morgan fingerprint density at radius 3 is 2.49 bits per heavy atom. The molecule has 2 aromatic rings. The van der Waals surface area contributed by atoms with E-state index in [-0.39, 0.29) is 30.3 Å². The fraction of sp³-hybridized carbons (Fsp3) is 0.520. The second-order valence-electron chi connectivity index (χ2n) is 9.48. The summed E-state index contributed by atoms with van der Waals surface area (Å²) in [7, 11) is 0. The molecule has 188 valence electrons. The van der Waals surface area contributed by atoms with Crippen molar-refractivity contribution in [2.45, 2.75) is 45.1 Å². The lowest BCUT2D eigenvalue weighted by atomic mass is 9.76. The predicted octanol–water partition coefficient (Wildman–Crippen LogP) is 2.86. The van der Waals surface area contributed by atoms with Crippen LogP contribution in [0.25, 0.3) is 11.4 Å². The van der Waals surface area contributed by atoms with Gasteiger partial charge in [-0.25, -0.2) is 9.37 Å². The number of halogens is 1. The number of amides is 1. The molecule has 1 atom stereocenters. The van der Waals surface area contributed by atoms with E-state index in [1.54, 1.807) is 17.0 Å². The molecule has 1 aromatic heterocycles. The molecule has 10 heteroatoms. The van der Waals surface area contributed by atoms with Gasteiger partial charge >= 0.3 is 5.97 Å². The predicted molar refractivity (Wildman–Crippen MR) is 125 cm³/mol. The molecular weight excluding hydrogens is 455 g/mol. The second-order valence-corrected chi connectivity index (χ2v) is 9.48. The number of esters is 1. The summed E-state index contributed by atoms with van der Waals surface area (Å²) in [5.74, 6) is -0.00239. The summed E-state index contributed by atoms with van der Waals surface area (Å²) >= 11 is 0. The molecule has 0 radical (unpaired) electrons. The van der Waals surface area contributed by atoms with Gasteiger partial charge < -0.3 is 19.7 Å². The highest BCUT2D eigenvalue weighted by molar-refractivity contribution is 5.94. The van der Waals surface area contributed by atoms with Gasteiger partial charge in [-0.2, -0.15) is 0 Å². The smallest absolute Gasteiger partial charge is 0.312 e. The number of nitrogens with one attached hydrogen (secondary N) is 1. The van der Waals surface area contributed by atoms with E-state index in [0.717, 1.165) is 31.6 Å². The van der Waals surface area contributed by atoms with E-state index in [1.165, 1.54) is 25.0 Å². The molecule has 1 unspecified atom stereocenters. The van der Waals surface area contributed by atoms with Crippen LogP contribution < -0.4 is 0 Å². The molecule has 0 bridgehead atoms. The molecule has 3 aliphatic heterocycles. The third-order valence-corrected chi connectivity index (χ3v) is 7.20. The Kier molecular flexibility index (Phi) is 7.49. The van der Waals surface area contributed by atoms with Crippen LogP contribution in [-0.4, -0.2) is 82.1 Å². The molecule has 2 N–H and O–H groups in total.